The van der Waals surface area contributed by atoms with Gasteiger partial charge in [0, 0.05) is 43.4 Å². The number of carbonyl (C=O) groups excluding carboxylic acids is 2. The minimum Gasteiger partial charge on any atom is -0.490 e. The predicted molar refractivity (Wildman–Crippen MR) is 127 cm³/mol. The monoisotopic (exact) mass is 492 g/mol. The molecule has 3 rings (SSSR count). The van der Waals surface area contributed by atoms with Crippen molar-refractivity contribution in [3.8, 4) is 5.75 Å². The lowest BCUT2D eigenvalue weighted by Gasteiger charge is -2.33. The van der Waals surface area contributed by atoms with Crippen molar-refractivity contribution in [2.45, 2.75) is 25.0 Å². The summed E-state index contributed by atoms with van der Waals surface area (Å²) in [6, 6.07) is 11.4. The van der Waals surface area contributed by atoms with Gasteiger partial charge in [0.05, 0.1) is 16.1 Å². The molecule has 0 aliphatic carbocycles. The summed E-state index contributed by atoms with van der Waals surface area (Å²) in [6.45, 7) is 1.84. The standard InChI is InChI=1S/C23H26Cl2N4O4/c24-19-6-5-16(11-20(19)25)33-15-7-9-29(10-8-15)13-14(30)12-28-23(32)21(26)17-3-1-2-4-18(17)22(27)31/h1-6,11,14-15,26,30H,7-10,12-13H2,(H2,27,31)(H,28,32). The molecule has 1 aliphatic heterocycles. The van der Waals surface area contributed by atoms with E-state index in [4.69, 9.17) is 39.1 Å². The van der Waals surface area contributed by atoms with Crippen LogP contribution < -0.4 is 15.8 Å². The normalized spacial score (nSPS) is 15.6. The highest BCUT2D eigenvalue weighted by molar-refractivity contribution is 6.45. The lowest BCUT2D eigenvalue weighted by atomic mass is 10.0. The summed E-state index contributed by atoms with van der Waals surface area (Å²) < 4.78 is 5.97. The van der Waals surface area contributed by atoms with Gasteiger partial charge in [-0.3, -0.25) is 15.0 Å². The number of carbonyl (C=O) groups is 2. The number of nitrogens with zero attached hydrogens (tertiary/aromatic N) is 1. The molecule has 2 aromatic carbocycles. The molecule has 2 amide bonds. The first kappa shape index (κ1) is 25.0. The number of aliphatic hydroxyl groups excluding tert-OH is 1. The summed E-state index contributed by atoms with van der Waals surface area (Å²) in [6.07, 6.45) is 0.809. The number of benzene rings is 2. The second kappa shape index (κ2) is 11.5. The Bertz CT molecular complexity index is 1030. The van der Waals surface area contributed by atoms with Crippen LogP contribution in [0.5, 0.6) is 5.75 Å². The molecule has 0 spiro atoms. The average molecular weight is 493 g/mol. The molecular weight excluding hydrogens is 467 g/mol. The average Bonchev–Trinajstić information content (AvgIpc) is 2.80. The third kappa shape index (κ3) is 6.91. The molecule has 0 bridgehead atoms. The fraction of sp³-hybridized carbons (Fsp3) is 0.348. The van der Waals surface area contributed by atoms with E-state index >= 15 is 0 Å². The Morgan fingerprint density at radius 1 is 1.15 bits per heavy atom. The van der Waals surface area contributed by atoms with E-state index in [0.717, 1.165) is 25.9 Å². The van der Waals surface area contributed by atoms with E-state index in [1.807, 2.05) is 0 Å². The van der Waals surface area contributed by atoms with Gasteiger partial charge in [0.25, 0.3) is 5.91 Å². The SMILES string of the molecule is N=C(C(=O)NCC(O)CN1CCC(Oc2ccc(Cl)c(Cl)c2)CC1)c1ccccc1C(N)=O. The first-order valence-corrected chi connectivity index (χ1v) is 11.3. The summed E-state index contributed by atoms with van der Waals surface area (Å²) in [5, 5.41) is 21.9. The van der Waals surface area contributed by atoms with E-state index in [9.17, 15) is 14.7 Å². The molecule has 176 valence electrons. The van der Waals surface area contributed by atoms with Crippen molar-refractivity contribution in [3.05, 3.63) is 63.6 Å². The number of ether oxygens (including phenoxy) is 1. The van der Waals surface area contributed by atoms with Gasteiger partial charge in [-0.1, -0.05) is 41.4 Å². The Kier molecular flexibility index (Phi) is 8.68. The maximum absolute atomic E-state index is 12.3. The van der Waals surface area contributed by atoms with Crippen LogP contribution in [0, 0.1) is 5.41 Å². The van der Waals surface area contributed by atoms with Gasteiger partial charge in [-0.15, -0.1) is 0 Å². The highest BCUT2D eigenvalue weighted by Crippen LogP contribution is 2.28. The number of nitrogens with two attached hydrogens (primary N) is 1. The fourth-order valence-corrected chi connectivity index (χ4v) is 3.94. The summed E-state index contributed by atoms with van der Waals surface area (Å²) >= 11 is 12.0. The summed E-state index contributed by atoms with van der Waals surface area (Å²) in [5.74, 6) is -0.725. The molecule has 33 heavy (non-hydrogen) atoms. The van der Waals surface area contributed by atoms with E-state index < -0.39 is 17.9 Å². The molecular formula is C23H26Cl2N4O4. The minimum atomic E-state index is -0.805. The number of piperidine rings is 1. The molecule has 10 heteroatoms. The third-order valence-electron chi connectivity index (χ3n) is 5.38. The zero-order valence-electron chi connectivity index (χ0n) is 17.9. The van der Waals surface area contributed by atoms with Gasteiger partial charge < -0.3 is 25.8 Å². The maximum atomic E-state index is 12.3. The second-order valence-corrected chi connectivity index (χ2v) is 8.66. The van der Waals surface area contributed by atoms with E-state index in [1.54, 1.807) is 30.3 Å². The number of amides is 2. The lowest BCUT2D eigenvalue weighted by molar-refractivity contribution is -0.115. The molecule has 1 aliphatic rings. The molecule has 1 unspecified atom stereocenters. The highest BCUT2D eigenvalue weighted by Gasteiger charge is 2.23. The molecule has 0 radical (unpaired) electrons. The smallest absolute Gasteiger partial charge is 0.269 e. The lowest BCUT2D eigenvalue weighted by Crippen LogP contribution is -2.45. The van der Waals surface area contributed by atoms with E-state index in [0.29, 0.717) is 22.3 Å². The first-order valence-electron chi connectivity index (χ1n) is 10.5. The van der Waals surface area contributed by atoms with Crippen molar-refractivity contribution in [2.75, 3.05) is 26.2 Å². The predicted octanol–water partition coefficient (Wildman–Crippen LogP) is 2.48. The summed E-state index contributed by atoms with van der Waals surface area (Å²) in [5.41, 5.74) is 5.19. The molecule has 0 saturated carbocycles. The van der Waals surface area contributed by atoms with Crippen LogP contribution in [-0.4, -0.2) is 65.9 Å². The molecule has 5 N–H and O–H groups in total. The Morgan fingerprint density at radius 3 is 2.45 bits per heavy atom. The molecule has 1 fully saturated rings. The topological polar surface area (TPSA) is 129 Å². The van der Waals surface area contributed by atoms with Crippen molar-refractivity contribution in [1.82, 2.24) is 10.2 Å². The van der Waals surface area contributed by atoms with E-state index in [-0.39, 0.29) is 29.5 Å². The molecule has 1 heterocycles. The van der Waals surface area contributed by atoms with E-state index in [1.165, 1.54) is 12.1 Å². The summed E-state index contributed by atoms with van der Waals surface area (Å²) in [4.78, 5) is 25.9. The van der Waals surface area contributed by atoms with Crippen LogP contribution in [0.25, 0.3) is 0 Å². The maximum Gasteiger partial charge on any atom is 0.269 e. The number of hydrogen-bond donors (Lipinski definition) is 4. The van der Waals surface area contributed by atoms with Gasteiger partial charge in [0.2, 0.25) is 5.91 Å². The number of aliphatic hydroxyl groups is 1. The van der Waals surface area contributed by atoms with Gasteiger partial charge in [0.15, 0.2) is 0 Å². The zero-order valence-corrected chi connectivity index (χ0v) is 19.4. The van der Waals surface area contributed by atoms with Crippen molar-refractivity contribution < 1.29 is 19.4 Å². The number of primary amides is 1. The van der Waals surface area contributed by atoms with Crippen LogP contribution in [0.2, 0.25) is 10.0 Å². The van der Waals surface area contributed by atoms with Gasteiger partial charge in [0.1, 0.15) is 17.6 Å². The minimum absolute atomic E-state index is 0.0142. The number of likely N-dealkylation sites (tertiary alicyclic amines) is 1. The van der Waals surface area contributed by atoms with Crippen molar-refractivity contribution >= 4 is 40.7 Å². The molecule has 8 nitrogen and oxygen atoms in total. The van der Waals surface area contributed by atoms with Crippen molar-refractivity contribution in [3.63, 3.8) is 0 Å². The molecule has 2 aromatic rings. The molecule has 1 saturated heterocycles. The quantitative estimate of drug-likeness (QED) is 0.399. The van der Waals surface area contributed by atoms with Crippen LogP contribution in [0.15, 0.2) is 42.5 Å². The Balaban J connectivity index is 1.42. The van der Waals surface area contributed by atoms with Gasteiger partial charge >= 0.3 is 0 Å². The number of hydrogen-bond acceptors (Lipinski definition) is 6. The van der Waals surface area contributed by atoms with E-state index in [2.05, 4.69) is 10.2 Å². The van der Waals surface area contributed by atoms with Crippen LogP contribution in [0.4, 0.5) is 0 Å². The Hall–Kier alpha value is -2.65. The fourth-order valence-electron chi connectivity index (χ4n) is 3.65. The van der Waals surface area contributed by atoms with Crippen LogP contribution >= 0.6 is 23.2 Å². The third-order valence-corrected chi connectivity index (χ3v) is 6.12. The zero-order chi connectivity index (χ0) is 24.0. The second-order valence-electron chi connectivity index (χ2n) is 7.84. The molecule has 1 atom stereocenters. The van der Waals surface area contributed by atoms with Gasteiger partial charge in [-0.2, -0.15) is 0 Å². The van der Waals surface area contributed by atoms with Crippen LogP contribution in [0.3, 0.4) is 0 Å². The molecule has 0 aromatic heterocycles. The van der Waals surface area contributed by atoms with Crippen molar-refractivity contribution in [1.29, 1.82) is 5.41 Å². The number of halogens is 2. The first-order chi connectivity index (χ1) is 15.7. The Labute approximate surface area is 202 Å². The number of rotatable bonds is 9. The highest BCUT2D eigenvalue weighted by atomic mass is 35.5. The van der Waals surface area contributed by atoms with Gasteiger partial charge in [-0.05, 0) is 31.0 Å². The van der Waals surface area contributed by atoms with Crippen LogP contribution in [-0.2, 0) is 4.79 Å². The van der Waals surface area contributed by atoms with Crippen molar-refractivity contribution in [2.24, 2.45) is 5.73 Å². The number of β-amino-alcohol motifs (C(OH)–C–C–N with tert-alkyl or cyclic N) is 1. The number of nitrogens with one attached hydrogen (secondary N) is 2. The largest absolute Gasteiger partial charge is 0.490 e. The van der Waals surface area contributed by atoms with Gasteiger partial charge in [-0.25, -0.2) is 0 Å². The summed E-state index contributed by atoms with van der Waals surface area (Å²) in [7, 11) is 0. The van der Waals surface area contributed by atoms with Crippen LogP contribution in [0.1, 0.15) is 28.8 Å². The Morgan fingerprint density at radius 2 is 1.82 bits per heavy atom.